The molecule has 1 aliphatic rings. The maximum Gasteiger partial charge on any atom is 0.216 e. The Labute approximate surface area is 84.3 Å². The van der Waals surface area contributed by atoms with Crippen LogP contribution in [0.25, 0.3) is 0 Å². The predicted octanol–water partition coefficient (Wildman–Crippen LogP) is 1.65. The van der Waals surface area contributed by atoms with Gasteiger partial charge < -0.3 is 10.5 Å². The quantitative estimate of drug-likeness (QED) is 0.775. The lowest BCUT2D eigenvalue weighted by molar-refractivity contribution is 0.182. The van der Waals surface area contributed by atoms with Crippen LogP contribution in [-0.4, -0.2) is 17.1 Å². The van der Waals surface area contributed by atoms with Gasteiger partial charge >= 0.3 is 0 Å². The third kappa shape index (κ3) is 1.87. The Morgan fingerprint density at radius 3 is 3.00 bits per heavy atom. The number of aryl methyl sites for hydroxylation is 1. The van der Waals surface area contributed by atoms with E-state index in [9.17, 15) is 0 Å². The molecular formula is C11H16N2O. The highest BCUT2D eigenvalue weighted by Crippen LogP contribution is 2.23. The SMILES string of the molecule is Cc1cccnc1OC1CCCC1N. The zero-order chi connectivity index (χ0) is 9.97. The van der Waals surface area contributed by atoms with Gasteiger partial charge in [-0.2, -0.15) is 0 Å². The van der Waals surface area contributed by atoms with Crippen molar-refractivity contribution in [1.29, 1.82) is 0 Å². The van der Waals surface area contributed by atoms with Crippen LogP contribution < -0.4 is 10.5 Å². The maximum absolute atomic E-state index is 5.92. The van der Waals surface area contributed by atoms with Gasteiger partial charge in [0, 0.05) is 17.8 Å². The Morgan fingerprint density at radius 1 is 1.50 bits per heavy atom. The molecule has 76 valence electrons. The lowest BCUT2D eigenvalue weighted by Crippen LogP contribution is -2.33. The van der Waals surface area contributed by atoms with Crippen LogP contribution in [-0.2, 0) is 0 Å². The van der Waals surface area contributed by atoms with E-state index in [0.29, 0.717) is 0 Å². The summed E-state index contributed by atoms with van der Waals surface area (Å²) < 4.78 is 5.78. The van der Waals surface area contributed by atoms with E-state index in [1.165, 1.54) is 0 Å². The molecule has 0 bridgehead atoms. The number of nitrogens with zero attached hydrogens (tertiary/aromatic N) is 1. The molecule has 3 heteroatoms. The van der Waals surface area contributed by atoms with Crippen molar-refractivity contribution in [3.8, 4) is 5.88 Å². The third-order valence-corrected chi connectivity index (χ3v) is 2.73. The normalized spacial score (nSPS) is 26.4. The van der Waals surface area contributed by atoms with E-state index in [1.54, 1.807) is 6.20 Å². The Kier molecular flexibility index (Phi) is 2.68. The monoisotopic (exact) mass is 192 g/mol. The molecule has 14 heavy (non-hydrogen) atoms. The lowest BCUT2D eigenvalue weighted by Gasteiger charge is -2.17. The minimum atomic E-state index is 0.156. The third-order valence-electron chi connectivity index (χ3n) is 2.73. The smallest absolute Gasteiger partial charge is 0.216 e. The number of ether oxygens (including phenoxy) is 1. The van der Waals surface area contributed by atoms with Crippen molar-refractivity contribution in [2.75, 3.05) is 0 Å². The second-order valence-corrected chi connectivity index (χ2v) is 3.88. The molecular weight excluding hydrogens is 176 g/mol. The van der Waals surface area contributed by atoms with Gasteiger partial charge in [-0.05, 0) is 32.3 Å². The topological polar surface area (TPSA) is 48.1 Å². The Hall–Kier alpha value is -1.09. The fourth-order valence-corrected chi connectivity index (χ4v) is 1.84. The lowest BCUT2D eigenvalue weighted by atomic mass is 10.2. The molecule has 1 heterocycles. The molecule has 0 aromatic carbocycles. The standard InChI is InChI=1S/C11H16N2O/c1-8-4-3-7-13-11(8)14-10-6-2-5-9(10)12/h3-4,7,9-10H,2,5-6,12H2,1H3. The summed E-state index contributed by atoms with van der Waals surface area (Å²) in [6, 6.07) is 4.09. The maximum atomic E-state index is 5.92. The molecule has 0 spiro atoms. The fraction of sp³-hybridized carbons (Fsp3) is 0.545. The van der Waals surface area contributed by atoms with Gasteiger partial charge in [0.25, 0.3) is 0 Å². The molecule has 2 unspecified atom stereocenters. The molecule has 0 aliphatic heterocycles. The molecule has 1 aliphatic carbocycles. The fourth-order valence-electron chi connectivity index (χ4n) is 1.84. The Balaban J connectivity index is 2.07. The molecule has 1 fully saturated rings. The Bertz CT molecular complexity index is 314. The van der Waals surface area contributed by atoms with E-state index >= 15 is 0 Å². The van der Waals surface area contributed by atoms with Crippen LogP contribution in [0.1, 0.15) is 24.8 Å². The molecule has 1 saturated carbocycles. The zero-order valence-corrected chi connectivity index (χ0v) is 8.44. The summed E-state index contributed by atoms with van der Waals surface area (Å²) in [5, 5.41) is 0. The van der Waals surface area contributed by atoms with E-state index in [2.05, 4.69) is 4.98 Å². The molecule has 1 aromatic heterocycles. The van der Waals surface area contributed by atoms with Crippen LogP contribution in [0.5, 0.6) is 5.88 Å². The van der Waals surface area contributed by atoms with Crippen LogP contribution in [0.4, 0.5) is 0 Å². The van der Waals surface area contributed by atoms with E-state index in [1.807, 2.05) is 19.1 Å². The summed E-state index contributed by atoms with van der Waals surface area (Å²) in [4.78, 5) is 4.20. The van der Waals surface area contributed by atoms with Gasteiger partial charge in [0.2, 0.25) is 5.88 Å². The second-order valence-electron chi connectivity index (χ2n) is 3.88. The van der Waals surface area contributed by atoms with Crippen molar-refractivity contribution >= 4 is 0 Å². The first-order chi connectivity index (χ1) is 6.77. The van der Waals surface area contributed by atoms with Crippen molar-refractivity contribution in [3.63, 3.8) is 0 Å². The largest absolute Gasteiger partial charge is 0.473 e. The summed E-state index contributed by atoms with van der Waals surface area (Å²) in [6.45, 7) is 2.00. The summed E-state index contributed by atoms with van der Waals surface area (Å²) in [5.41, 5.74) is 7.00. The minimum absolute atomic E-state index is 0.156. The first-order valence-corrected chi connectivity index (χ1v) is 5.11. The number of hydrogen-bond acceptors (Lipinski definition) is 3. The van der Waals surface area contributed by atoms with Gasteiger partial charge in [-0.15, -0.1) is 0 Å². The molecule has 2 rings (SSSR count). The van der Waals surface area contributed by atoms with Crippen molar-refractivity contribution < 1.29 is 4.74 Å². The number of rotatable bonds is 2. The average Bonchev–Trinajstić information content (AvgIpc) is 2.56. The van der Waals surface area contributed by atoms with Crippen LogP contribution >= 0.6 is 0 Å². The first-order valence-electron chi connectivity index (χ1n) is 5.11. The van der Waals surface area contributed by atoms with Crippen LogP contribution in [0.15, 0.2) is 18.3 Å². The summed E-state index contributed by atoms with van der Waals surface area (Å²) in [5.74, 6) is 0.731. The number of pyridine rings is 1. The average molecular weight is 192 g/mol. The molecule has 3 nitrogen and oxygen atoms in total. The number of hydrogen-bond donors (Lipinski definition) is 1. The van der Waals surface area contributed by atoms with Crippen molar-refractivity contribution in [1.82, 2.24) is 4.98 Å². The van der Waals surface area contributed by atoms with Gasteiger partial charge in [0.15, 0.2) is 0 Å². The van der Waals surface area contributed by atoms with Crippen molar-refractivity contribution in [3.05, 3.63) is 23.9 Å². The highest BCUT2D eigenvalue weighted by molar-refractivity contribution is 5.23. The number of nitrogens with two attached hydrogens (primary N) is 1. The first kappa shape index (κ1) is 9.46. The van der Waals surface area contributed by atoms with Gasteiger partial charge in [-0.3, -0.25) is 0 Å². The molecule has 2 atom stereocenters. The second kappa shape index (κ2) is 3.96. The van der Waals surface area contributed by atoms with E-state index in [0.717, 1.165) is 30.7 Å². The predicted molar refractivity (Wildman–Crippen MR) is 55.2 cm³/mol. The zero-order valence-electron chi connectivity index (χ0n) is 8.44. The number of aromatic nitrogens is 1. The van der Waals surface area contributed by atoms with Gasteiger partial charge in [0.1, 0.15) is 6.10 Å². The summed E-state index contributed by atoms with van der Waals surface area (Å²) in [6.07, 6.45) is 5.19. The van der Waals surface area contributed by atoms with Crippen molar-refractivity contribution in [2.45, 2.75) is 38.3 Å². The molecule has 0 amide bonds. The van der Waals surface area contributed by atoms with Crippen LogP contribution in [0.2, 0.25) is 0 Å². The van der Waals surface area contributed by atoms with Gasteiger partial charge in [-0.25, -0.2) is 4.98 Å². The summed E-state index contributed by atoms with van der Waals surface area (Å²) in [7, 11) is 0. The molecule has 0 saturated heterocycles. The molecule has 1 aromatic rings. The summed E-state index contributed by atoms with van der Waals surface area (Å²) >= 11 is 0. The van der Waals surface area contributed by atoms with Crippen LogP contribution in [0.3, 0.4) is 0 Å². The van der Waals surface area contributed by atoms with E-state index < -0.39 is 0 Å². The Morgan fingerprint density at radius 2 is 2.36 bits per heavy atom. The molecule has 2 N–H and O–H groups in total. The van der Waals surface area contributed by atoms with Gasteiger partial charge in [0.05, 0.1) is 0 Å². The minimum Gasteiger partial charge on any atom is -0.473 e. The highest BCUT2D eigenvalue weighted by atomic mass is 16.5. The van der Waals surface area contributed by atoms with E-state index in [-0.39, 0.29) is 12.1 Å². The van der Waals surface area contributed by atoms with E-state index in [4.69, 9.17) is 10.5 Å². The molecule has 0 radical (unpaired) electrons. The van der Waals surface area contributed by atoms with Crippen molar-refractivity contribution in [2.24, 2.45) is 5.73 Å². The van der Waals surface area contributed by atoms with Gasteiger partial charge in [-0.1, -0.05) is 6.07 Å². The highest BCUT2D eigenvalue weighted by Gasteiger charge is 2.26. The van der Waals surface area contributed by atoms with Crippen LogP contribution in [0, 0.1) is 6.92 Å².